The minimum Gasteiger partial charge on any atom is -0.466 e. The van der Waals surface area contributed by atoms with Gasteiger partial charge >= 0.3 is 5.97 Å². The average molecular weight is 228 g/mol. The second kappa shape index (κ2) is 6.24. The van der Waals surface area contributed by atoms with Crippen molar-refractivity contribution < 1.29 is 14.6 Å². The Kier molecular flexibility index (Phi) is 5.26. The van der Waals surface area contributed by atoms with Gasteiger partial charge < -0.3 is 9.84 Å². The first-order chi connectivity index (χ1) is 7.60. The fraction of sp³-hybridized carbons (Fsp3) is 0.923. The fourth-order valence-electron chi connectivity index (χ4n) is 2.44. The molecule has 1 saturated carbocycles. The SMILES string of the molecule is CCOC(=O)C(C)C1(O)CCCCCCC1. The van der Waals surface area contributed by atoms with Gasteiger partial charge in [-0.3, -0.25) is 4.79 Å². The predicted molar refractivity (Wildman–Crippen MR) is 63.1 cm³/mol. The second-order valence-corrected chi connectivity index (χ2v) is 4.85. The summed E-state index contributed by atoms with van der Waals surface area (Å²) in [6.45, 7) is 3.98. The summed E-state index contributed by atoms with van der Waals surface area (Å²) < 4.78 is 5.00. The molecule has 0 aromatic heterocycles. The van der Waals surface area contributed by atoms with Crippen molar-refractivity contribution in [2.24, 2.45) is 5.92 Å². The highest BCUT2D eigenvalue weighted by Gasteiger charge is 2.38. The highest BCUT2D eigenvalue weighted by Crippen LogP contribution is 2.33. The van der Waals surface area contributed by atoms with E-state index in [0.29, 0.717) is 6.61 Å². The van der Waals surface area contributed by atoms with Crippen LogP contribution >= 0.6 is 0 Å². The molecule has 0 aromatic carbocycles. The molecule has 1 fully saturated rings. The number of aliphatic hydroxyl groups is 1. The van der Waals surface area contributed by atoms with Gasteiger partial charge in [0.1, 0.15) is 0 Å². The lowest BCUT2D eigenvalue weighted by molar-refractivity contribution is -0.158. The van der Waals surface area contributed by atoms with E-state index in [1.807, 2.05) is 0 Å². The Labute approximate surface area is 98.2 Å². The summed E-state index contributed by atoms with van der Waals surface area (Å²) in [5.41, 5.74) is -0.841. The van der Waals surface area contributed by atoms with Gasteiger partial charge in [-0.1, -0.05) is 32.1 Å². The molecule has 0 saturated heterocycles. The van der Waals surface area contributed by atoms with E-state index in [1.54, 1.807) is 13.8 Å². The zero-order valence-corrected chi connectivity index (χ0v) is 10.5. The molecule has 0 aliphatic heterocycles. The normalized spacial score (nSPS) is 22.9. The van der Waals surface area contributed by atoms with Crippen molar-refractivity contribution in [3.05, 3.63) is 0 Å². The quantitative estimate of drug-likeness (QED) is 0.755. The summed E-state index contributed by atoms with van der Waals surface area (Å²) in [6.07, 6.45) is 7.07. The Balaban J connectivity index is 2.60. The monoisotopic (exact) mass is 228 g/mol. The molecule has 0 heterocycles. The van der Waals surface area contributed by atoms with Crippen LogP contribution < -0.4 is 0 Å². The van der Waals surface area contributed by atoms with Crippen LogP contribution in [0.25, 0.3) is 0 Å². The number of ether oxygens (including phenoxy) is 1. The van der Waals surface area contributed by atoms with Gasteiger partial charge in [0.2, 0.25) is 0 Å². The van der Waals surface area contributed by atoms with Gasteiger partial charge in [0.15, 0.2) is 0 Å². The third kappa shape index (κ3) is 3.48. The zero-order chi connectivity index (χ0) is 12.0. The molecule has 0 aromatic rings. The maximum Gasteiger partial charge on any atom is 0.311 e. The van der Waals surface area contributed by atoms with Gasteiger partial charge in [-0.05, 0) is 26.7 Å². The molecule has 1 rings (SSSR count). The first-order valence-corrected chi connectivity index (χ1v) is 6.49. The molecule has 1 atom stereocenters. The maximum absolute atomic E-state index is 11.7. The van der Waals surface area contributed by atoms with Crippen molar-refractivity contribution in [3.63, 3.8) is 0 Å². The molecule has 94 valence electrons. The second-order valence-electron chi connectivity index (χ2n) is 4.85. The summed E-state index contributed by atoms with van der Waals surface area (Å²) in [5.74, 6) is -0.656. The van der Waals surface area contributed by atoms with Crippen molar-refractivity contribution in [2.75, 3.05) is 6.61 Å². The molecular formula is C13H24O3. The molecular weight excluding hydrogens is 204 g/mol. The molecule has 0 radical (unpaired) electrons. The van der Waals surface area contributed by atoms with E-state index in [4.69, 9.17) is 4.74 Å². The molecule has 0 spiro atoms. The lowest BCUT2D eigenvalue weighted by Gasteiger charge is -2.34. The van der Waals surface area contributed by atoms with Crippen LogP contribution in [0.4, 0.5) is 0 Å². The molecule has 16 heavy (non-hydrogen) atoms. The van der Waals surface area contributed by atoms with E-state index >= 15 is 0 Å². The van der Waals surface area contributed by atoms with Crippen molar-refractivity contribution in [2.45, 2.75) is 64.4 Å². The topological polar surface area (TPSA) is 46.5 Å². The third-order valence-corrected chi connectivity index (χ3v) is 3.67. The van der Waals surface area contributed by atoms with Crippen molar-refractivity contribution in [1.29, 1.82) is 0 Å². The number of carbonyl (C=O) groups excluding carboxylic acids is 1. The first-order valence-electron chi connectivity index (χ1n) is 6.49. The van der Waals surface area contributed by atoms with Crippen molar-refractivity contribution in [1.82, 2.24) is 0 Å². The summed E-state index contributed by atoms with van der Waals surface area (Å²) in [7, 11) is 0. The van der Waals surface area contributed by atoms with E-state index in [1.165, 1.54) is 6.42 Å². The van der Waals surface area contributed by atoms with Crippen molar-refractivity contribution >= 4 is 5.97 Å². The fourth-order valence-corrected chi connectivity index (χ4v) is 2.44. The highest BCUT2D eigenvalue weighted by molar-refractivity contribution is 5.73. The Hall–Kier alpha value is -0.570. The van der Waals surface area contributed by atoms with Crippen LogP contribution in [0.2, 0.25) is 0 Å². The van der Waals surface area contributed by atoms with Crippen LogP contribution in [0.1, 0.15) is 58.8 Å². The Morgan fingerprint density at radius 3 is 2.25 bits per heavy atom. The van der Waals surface area contributed by atoms with Crippen LogP contribution in [0.3, 0.4) is 0 Å². The molecule has 1 unspecified atom stereocenters. The summed E-state index contributed by atoms with van der Waals surface area (Å²) in [6, 6.07) is 0. The number of hydrogen-bond donors (Lipinski definition) is 1. The number of rotatable bonds is 3. The van der Waals surface area contributed by atoms with Crippen LogP contribution in [-0.2, 0) is 9.53 Å². The minimum absolute atomic E-state index is 0.259. The summed E-state index contributed by atoms with van der Waals surface area (Å²) >= 11 is 0. The van der Waals surface area contributed by atoms with Gasteiger partial charge in [0, 0.05) is 0 Å². The van der Waals surface area contributed by atoms with E-state index < -0.39 is 11.5 Å². The van der Waals surface area contributed by atoms with E-state index in [-0.39, 0.29) is 5.97 Å². The van der Waals surface area contributed by atoms with Gasteiger partial charge in [-0.25, -0.2) is 0 Å². The van der Waals surface area contributed by atoms with E-state index in [9.17, 15) is 9.90 Å². The van der Waals surface area contributed by atoms with Crippen LogP contribution in [0.5, 0.6) is 0 Å². The third-order valence-electron chi connectivity index (χ3n) is 3.67. The van der Waals surface area contributed by atoms with Gasteiger partial charge in [0.05, 0.1) is 18.1 Å². The number of esters is 1. The molecule has 1 N–H and O–H groups in total. The largest absolute Gasteiger partial charge is 0.466 e. The van der Waals surface area contributed by atoms with Crippen LogP contribution in [0, 0.1) is 5.92 Å². The molecule has 0 bridgehead atoms. The Morgan fingerprint density at radius 2 is 1.75 bits per heavy atom. The van der Waals surface area contributed by atoms with E-state index in [2.05, 4.69) is 0 Å². The highest BCUT2D eigenvalue weighted by atomic mass is 16.5. The minimum atomic E-state index is -0.841. The van der Waals surface area contributed by atoms with E-state index in [0.717, 1.165) is 38.5 Å². The lowest BCUT2D eigenvalue weighted by Crippen LogP contribution is -2.42. The molecule has 1 aliphatic rings. The molecule has 3 heteroatoms. The summed E-state index contributed by atoms with van der Waals surface area (Å²) in [4.78, 5) is 11.7. The van der Waals surface area contributed by atoms with Gasteiger partial charge in [-0.15, -0.1) is 0 Å². The van der Waals surface area contributed by atoms with Crippen molar-refractivity contribution in [3.8, 4) is 0 Å². The summed E-state index contributed by atoms with van der Waals surface area (Å²) in [5, 5.41) is 10.5. The van der Waals surface area contributed by atoms with Gasteiger partial charge in [-0.2, -0.15) is 0 Å². The van der Waals surface area contributed by atoms with Gasteiger partial charge in [0.25, 0.3) is 0 Å². The average Bonchev–Trinajstić information content (AvgIpc) is 2.23. The maximum atomic E-state index is 11.7. The zero-order valence-electron chi connectivity index (χ0n) is 10.5. The van der Waals surface area contributed by atoms with Crippen LogP contribution in [-0.4, -0.2) is 23.3 Å². The smallest absolute Gasteiger partial charge is 0.311 e. The Morgan fingerprint density at radius 1 is 1.25 bits per heavy atom. The number of carbonyl (C=O) groups is 1. The number of hydrogen-bond acceptors (Lipinski definition) is 3. The van der Waals surface area contributed by atoms with Crippen LogP contribution in [0.15, 0.2) is 0 Å². The lowest BCUT2D eigenvalue weighted by atomic mass is 9.78. The standard InChI is InChI=1S/C13H24O3/c1-3-16-12(14)11(2)13(15)9-7-5-4-6-8-10-13/h11,15H,3-10H2,1-2H3. The predicted octanol–water partition coefficient (Wildman–Crippen LogP) is 2.66. The Bertz CT molecular complexity index is 217. The molecule has 3 nitrogen and oxygen atoms in total. The first kappa shape index (κ1) is 13.5. The molecule has 1 aliphatic carbocycles. The molecule has 0 amide bonds.